The van der Waals surface area contributed by atoms with Gasteiger partial charge in [0.05, 0.1) is 23.3 Å². The predicted molar refractivity (Wildman–Crippen MR) is 116 cm³/mol. The number of aromatic nitrogens is 2. The molecule has 4 nitrogen and oxygen atoms in total. The maximum atomic E-state index is 12.4. The van der Waals surface area contributed by atoms with Crippen LogP contribution < -0.4 is 5.32 Å². The molecule has 0 saturated carbocycles. The van der Waals surface area contributed by atoms with Crippen LogP contribution in [0.2, 0.25) is 5.02 Å². The monoisotopic (exact) mass is 407 g/mol. The molecule has 0 aliphatic heterocycles. The SMILES string of the molecule is O=C(CSc1nc2ccccc2n1Cc1ccccc1)Nc1ccc(Cl)cc1. The van der Waals surface area contributed by atoms with Gasteiger partial charge >= 0.3 is 0 Å². The van der Waals surface area contributed by atoms with Crippen molar-refractivity contribution in [3.05, 3.63) is 89.4 Å². The van der Waals surface area contributed by atoms with Crippen LogP contribution in [0.25, 0.3) is 11.0 Å². The second-order valence-electron chi connectivity index (χ2n) is 6.30. The Morgan fingerprint density at radius 2 is 1.68 bits per heavy atom. The number of halogens is 1. The lowest BCUT2D eigenvalue weighted by atomic mass is 10.2. The Balaban J connectivity index is 1.52. The Kier molecular flexibility index (Phi) is 5.65. The number of carbonyl (C=O) groups is 1. The molecular weight excluding hydrogens is 390 g/mol. The van der Waals surface area contributed by atoms with Crippen LogP contribution in [0.15, 0.2) is 84.0 Å². The van der Waals surface area contributed by atoms with Crippen molar-refractivity contribution in [2.45, 2.75) is 11.7 Å². The van der Waals surface area contributed by atoms with E-state index in [0.717, 1.165) is 21.9 Å². The van der Waals surface area contributed by atoms with Crippen molar-refractivity contribution in [1.29, 1.82) is 0 Å². The van der Waals surface area contributed by atoms with Gasteiger partial charge in [0.1, 0.15) is 0 Å². The highest BCUT2D eigenvalue weighted by molar-refractivity contribution is 7.99. The Morgan fingerprint density at radius 1 is 0.964 bits per heavy atom. The van der Waals surface area contributed by atoms with Gasteiger partial charge in [0.2, 0.25) is 5.91 Å². The largest absolute Gasteiger partial charge is 0.325 e. The van der Waals surface area contributed by atoms with E-state index in [4.69, 9.17) is 16.6 Å². The van der Waals surface area contributed by atoms with E-state index >= 15 is 0 Å². The maximum Gasteiger partial charge on any atom is 0.234 e. The van der Waals surface area contributed by atoms with E-state index in [1.54, 1.807) is 24.3 Å². The molecule has 0 atom stereocenters. The Labute approximate surface area is 172 Å². The second kappa shape index (κ2) is 8.50. The third kappa shape index (κ3) is 4.38. The molecule has 0 radical (unpaired) electrons. The third-order valence-corrected chi connectivity index (χ3v) is 5.49. The van der Waals surface area contributed by atoms with Crippen molar-refractivity contribution < 1.29 is 4.79 Å². The van der Waals surface area contributed by atoms with Gasteiger partial charge in [0.25, 0.3) is 0 Å². The summed E-state index contributed by atoms with van der Waals surface area (Å²) in [5, 5.41) is 4.36. The number of nitrogens with zero attached hydrogens (tertiary/aromatic N) is 2. The summed E-state index contributed by atoms with van der Waals surface area (Å²) in [5.41, 5.74) is 3.91. The zero-order valence-electron chi connectivity index (χ0n) is 15.0. The lowest BCUT2D eigenvalue weighted by molar-refractivity contribution is -0.113. The molecule has 0 unspecified atom stereocenters. The normalized spacial score (nSPS) is 10.9. The molecule has 0 saturated heterocycles. The van der Waals surface area contributed by atoms with Gasteiger partial charge in [-0.3, -0.25) is 4.79 Å². The average molecular weight is 408 g/mol. The topological polar surface area (TPSA) is 46.9 Å². The zero-order chi connectivity index (χ0) is 19.3. The average Bonchev–Trinajstić information content (AvgIpc) is 3.06. The van der Waals surface area contributed by atoms with Crippen molar-refractivity contribution in [2.24, 2.45) is 0 Å². The molecule has 3 aromatic carbocycles. The van der Waals surface area contributed by atoms with E-state index in [1.165, 1.54) is 17.3 Å². The molecule has 0 bridgehead atoms. The van der Waals surface area contributed by atoms with Crippen molar-refractivity contribution in [3.8, 4) is 0 Å². The number of benzene rings is 3. The van der Waals surface area contributed by atoms with E-state index < -0.39 is 0 Å². The number of thioether (sulfide) groups is 1. The van der Waals surface area contributed by atoms with Gasteiger partial charge in [-0.1, -0.05) is 65.8 Å². The summed E-state index contributed by atoms with van der Waals surface area (Å²) >= 11 is 7.32. The van der Waals surface area contributed by atoms with Crippen LogP contribution in [-0.2, 0) is 11.3 Å². The fourth-order valence-electron chi connectivity index (χ4n) is 2.94. The molecule has 0 spiro atoms. The molecule has 0 aliphatic carbocycles. The number of fused-ring (bicyclic) bond motifs is 1. The minimum absolute atomic E-state index is 0.0781. The van der Waals surface area contributed by atoms with Crippen LogP contribution in [0.5, 0.6) is 0 Å². The fraction of sp³-hybridized carbons (Fsp3) is 0.0909. The Morgan fingerprint density at radius 3 is 2.46 bits per heavy atom. The molecule has 140 valence electrons. The minimum atomic E-state index is -0.0781. The summed E-state index contributed by atoms with van der Waals surface area (Å²) in [4.78, 5) is 17.1. The summed E-state index contributed by atoms with van der Waals surface area (Å²) in [5.74, 6) is 0.200. The highest BCUT2D eigenvalue weighted by Crippen LogP contribution is 2.25. The first kappa shape index (κ1) is 18.6. The molecule has 1 amide bonds. The van der Waals surface area contributed by atoms with Gasteiger partial charge in [0, 0.05) is 10.7 Å². The van der Waals surface area contributed by atoms with Crippen LogP contribution in [-0.4, -0.2) is 21.2 Å². The van der Waals surface area contributed by atoms with E-state index in [0.29, 0.717) is 11.6 Å². The number of anilines is 1. The van der Waals surface area contributed by atoms with Gasteiger partial charge in [-0.05, 0) is 42.0 Å². The number of imidazole rings is 1. The Bertz CT molecular complexity index is 1090. The van der Waals surface area contributed by atoms with Crippen LogP contribution in [0.3, 0.4) is 0 Å². The minimum Gasteiger partial charge on any atom is -0.325 e. The summed E-state index contributed by atoms with van der Waals surface area (Å²) in [7, 11) is 0. The molecule has 0 aliphatic rings. The van der Waals surface area contributed by atoms with Crippen LogP contribution >= 0.6 is 23.4 Å². The summed E-state index contributed by atoms with van der Waals surface area (Å²) in [6.07, 6.45) is 0. The predicted octanol–water partition coefficient (Wildman–Crippen LogP) is 5.47. The Hall–Kier alpha value is -2.76. The number of amides is 1. The number of para-hydroxylation sites is 2. The van der Waals surface area contributed by atoms with Crippen LogP contribution in [0.4, 0.5) is 5.69 Å². The molecule has 1 N–H and O–H groups in total. The molecule has 1 aromatic heterocycles. The number of nitrogens with one attached hydrogen (secondary N) is 1. The maximum absolute atomic E-state index is 12.4. The van der Waals surface area contributed by atoms with Crippen LogP contribution in [0, 0.1) is 0 Å². The lowest BCUT2D eigenvalue weighted by Crippen LogP contribution is -2.14. The van der Waals surface area contributed by atoms with Crippen molar-refractivity contribution in [3.63, 3.8) is 0 Å². The summed E-state index contributed by atoms with van der Waals surface area (Å²) in [6, 6.07) is 25.4. The van der Waals surface area contributed by atoms with Crippen molar-refractivity contribution >= 4 is 46.0 Å². The van der Waals surface area contributed by atoms with E-state index in [9.17, 15) is 4.79 Å². The highest BCUT2D eigenvalue weighted by atomic mass is 35.5. The number of carbonyl (C=O) groups excluding carboxylic acids is 1. The van der Waals surface area contributed by atoms with Gasteiger partial charge < -0.3 is 9.88 Å². The quantitative estimate of drug-likeness (QED) is 0.431. The van der Waals surface area contributed by atoms with Crippen LogP contribution in [0.1, 0.15) is 5.56 Å². The summed E-state index contributed by atoms with van der Waals surface area (Å²) < 4.78 is 2.16. The molecule has 28 heavy (non-hydrogen) atoms. The van der Waals surface area contributed by atoms with E-state index in [2.05, 4.69) is 28.1 Å². The molecule has 4 rings (SSSR count). The number of hydrogen-bond donors (Lipinski definition) is 1. The van der Waals surface area contributed by atoms with Crippen molar-refractivity contribution in [1.82, 2.24) is 9.55 Å². The van der Waals surface area contributed by atoms with E-state index in [1.807, 2.05) is 36.4 Å². The van der Waals surface area contributed by atoms with Gasteiger partial charge in [0.15, 0.2) is 5.16 Å². The molecule has 0 fully saturated rings. The standard InChI is InChI=1S/C22H18ClN3OS/c23-17-10-12-18(13-11-17)24-21(27)15-28-22-25-19-8-4-5-9-20(19)26(22)14-16-6-2-1-3-7-16/h1-13H,14-15H2,(H,24,27). The fourth-order valence-corrected chi connectivity index (χ4v) is 3.88. The molecule has 4 aromatic rings. The molecule has 1 heterocycles. The first-order chi connectivity index (χ1) is 13.7. The zero-order valence-corrected chi connectivity index (χ0v) is 16.6. The number of hydrogen-bond acceptors (Lipinski definition) is 3. The first-order valence-electron chi connectivity index (χ1n) is 8.86. The molecular formula is C22H18ClN3OS. The third-order valence-electron chi connectivity index (χ3n) is 4.26. The lowest BCUT2D eigenvalue weighted by Gasteiger charge is -2.09. The second-order valence-corrected chi connectivity index (χ2v) is 7.68. The highest BCUT2D eigenvalue weighted by Gasteiger charge is 2.13. The summed E-state index contributed by atoms with van der Waals surface area (Å²) in [6.45, 7) is 0.711. The smallest absolute Gasteiger partial charge is 0.234 e. The first-order valence-corrected chi connectivity index (χ1v) is 10.2. The van der Waals surface area contributed by atoms with Crippen molar-refractivity contribution in [2.75, 3.05) is 11.1 Å². The number of rotatable bonds is 6. The van der Waals surface area contributed by atoms with Gasteiger partial charge in [-0.15, -0.1) is 0 Å². The van der Waals surface area contributed by atoms with Gasteiger partial charge in [-0.25, -0.2) is 4.98 Å². The van der Waals surface area contributed by atoms with E-state index in [-0.39, 0.29) is 11.7 Å². The molecule has 6 heteroatoms. The van der Waals surface area contributed by atoms with Gasteiger partial charge in [-0.2, -0.15) is 0 Å².